The van der Waals surface area contributed by atoms with Crippen molar-refractivity contribution in [1.29, 1.82) is 0 Å². The summed E-state index contributed by atoms with van der Waals surface area (Å²) in [6.07, 6.45) is 4.64. The Kier molecular flexibility index (Phi) is 5.93. The average Bonchev–Trinajstić information content (AvgIpc) is 2.29. The molecule has 0 spiro atoms. The van der Waals surface area contributed by atoms with E-state index in [4.69, 9.17) is 0 Å². The van der Waals surface area contributed by atoms with Gasteiger partial charge < -0.3 is 5.32 Å². The Morgan fingerprint density at radius 3 is 2.59 bits per heavy atom. The first-order chi connectivity index (χ1) is 8.14. The van der Waals surface area contributed by atoms with Crippen LogP contribution in [0.2, 0.25) is 0 Å². The summed E-state index contributed by atoms with van der Waals surface area (Å²) in [5.74, 6) is 0.153. The van der Waals surface area contributed by atoms with Gasteiger partial charge in [0.1, 0.15) is 0 Å². The summed E-state index contributed by atoms with van der Waals surface area (Å²) >= 11 is 0. The molecular weight excluding hydrogens is 238 g/mol. The van der Waals surface area contributed by atoms with Crippen molar-refractivity contribution in [3.05, 3.63) is 24.5 Å². The lowest BCUT2D eigenvalue weighted by molar-refractivity contribution is 0.593. The van der Waals surface area contributed by atoms with Gasteiger partial charge in [-0.1, -0.05) is 6.92 Å². The van der Waals surface area contributed by atoms with E-state index in [1.165, 1.54) is 0 Å². The third kappa shape index (κ3) is 6.23. The van der Waals surface area contributed by atoms with E-state index in [2.05, 4.69) is 15.0 Å². The topological polar surface area (TPSA) is 71.1 Å². The van der Waals surface area contributed by atoms with E-state index in [9.17, 15) is 8.42 Å². The summed E-state index contributed by atoms with van der Waals surface area (Å²) in [5.41, 5.74) is 0.562. The fourth-order valence-corrected chi connectivity index (χ4v) is 2.55. The number of hydrogen-bond acceptors (Lipinski definition) is 4. The van der Waals surface area contributed by atoms with E-state index in [1.807, 2.05) is 6.92 Å². The number of rotatable bonds is 8. The van der Waals surface area contributed by atoms with Crippen LogP contribution >= 0.6 is 0 Å². The maximum atomic E-state index is 11.7. The van der Waals surface area contributed by atoms with E-state index in [-0.39, 0.29) is 5.75 Å². The molecule has 0 aliphatic rings. The highest BCUT2D eigenvalue weighted by Crippen LogP contribution is 2.07. The highest BCUT2D eigenvalue weighted by molar-refractivity contribution is 7.92. The molecule has 0 atom stereocenters. The molecule has 17 heavy (non-hydrogen) atoms. The number of nitrogens with zero attached hydrogens (tertiary/aromatic N) is 1. The lowest BCUT2D eigenvalue weighted by atomic mass is 10.3. The van der Waals surface area contributed by atoms with Crippen molar-refractivity contribution in [2.75, 3.05) is 23.6 Å². The van der Waals surface area contributed by atoms with E-state index < -0.39 is 10.0 Å². The van der Waals surface area contributed by atoms with Crippen molar-refractivity contribution < 1.29 is 8.42 Å². The summed E-state index contributed by atoms with van der Waals surface area (Å²) in [5, 5.41) is 3.16. The second-order valence-corrected chi connectivity index (χ2v) is 5.56. The number of anilines is 1. The molecular formula is C11H19N3O2S. The molecule has 0 aliphatic carbocycles. The summed E-state index contributed by atoms with van der Waals surface area (Å²) in [6, 6.07) is 3.27. The number of aromatic nitrogens is 1. The van der Waals surface area contributed by atoms with Crippen LogP contribution in [0.5, 0.6) is 0 Å². The van der Waals surface area contributed by atoms with Gasteiger partial charge in [-0.2, -0.15) is 0 Å². The number of unbranched alkanes of at least 4 members (excludes halogenated alkanes) is 1. The lowest BCUT2D eigenvalue weighted by Gasteiger charge is -2.07. The van der Waals surface area contributed by atoms with E-state index in [0.29, 0.717) is 12.1 Å². The molecule has 96 valence electrons. The lowest BCUT2D eigenvalue weighted by Crippen LogP contribution is -2.19. The quantitative estimate of drug-likeness (QED) is 0.687. The van der Waals surface area contributed by atoms with Crippen LogP contribution in [-0.4, -0.2) is 32.2 Å². The van der Waals surface area contributed by atoms with Gasteiger partial charge in [-0.05, 0) is 38.1 Å². The van der Waals surface area contributed by atoms with Gasteiger partial charge in [0, 0.05) is 12.4 Å². The molecule has 1 rings (SSSR count). The highest BCUT2D eigenvalue weighted by atomic mass is 32.2. The number of hydrogen-bond donors (Lipinski definition) is 2. The first-order valence-electron chi connectivity index (χ1n) is 5.75. The fourth-order valence-electron chi connectivity index (χ4n) is 1.37. The molecule has 5 nitrogen and oxygen atoms in total. The molecule has 0 fully saturated rings. The Labute approximate surface area is 103 Å². The van der Waals surface area contributed by atoms with Crippen molar-refractivity contribution in [3.63, 3.8) is 0 Å². The number of pyridine rings is 1. The van der Waals surface area contributed by atoms with E-state index in [1.54, 1.807) is 24.5 Å². The molecule has 1 aromatic rings. The predicted octanol–water partition coefficient (Wildman–Crippen LogP) is 1.21. The third-order valence-corrected chi connectivity index (χ3v) is 3.59. The molecule has 1 aromatic heterocycles. The predicted molar refractivity (Wildman–Crippen MR) is 69.4 cm³/mol. The molecule has 0 aromatic carbocycles. The minimum absolute atomic E-state index is 0.153. The summed E-state index contributed by atoms with van der Waals surface area (Å²) in [4.78, 5) is 3.83. The van der Waals surface area contributed by atoms with Gasteiger partial charge in [0.15, 0.2) is 0 Å². The van der Waals surface area contributed by atoms with Crippen molar-refractivity contribution in [1.82, 2.24) is 10.3 Å². The fraction of sp³-hybridized carbons (Fsp3) is 0.545. The normalized spacial score (nSPS) is 11.4. The van der Waals surface area contributed by atoms with Crippen molar-refractivity contribution in [2.45, 2.75) is 19.8 Å². The minimum atomic E-state index is -3.23. The van der Waals surface area contributed by atoms with Crippen molar-refractivity contribution in [2.24, 2.45) is 0 Å². The zero-order valence-electron chi connectivity index (χ0n) is 10.0. The highest BCUT2D eigenvalue weighted by Gasteiger charge is 2.09. The van der Waals surface area contributed by atoms with Crippen LogP contribution in [0.1, 0.15) is 19.8 Å². The van der Waals surface area contributed by atoms with Crippen LogP contribution in [0.15, 0.2) is 24.5 Å². The second-order valence-electron chi connectivity index (χ2n) is 3.72. The summed E-state index contributed by atoms with van der Waals surface area (Å²) in [6.45, 7) is 3.81. The monoisotopic (exact) mass is 257 g/mol. The Morgan fingerprint density at radius 2 is 1.94 bits per heavy atom. The van der Waals surface area contributed by atoms with Crippen molar-refractivity contribution in [3.8, 4) is 0 Å². The van der Waals surface area contributed by atoms with Crippen LogP contribution in [0, 0.1) is 0 Å². The van der Waals surface area contributed by atoms with Crippen molar-refractivity contribution >= 4 is 15.7 Å². The molecule has 0 saturated carbocycles. The van der Waals surface area contributed by atoms with Gasteiger partial charge in [-0.3, -0.25) is 9.71 Å². The zero-order chi connectivity index (χ0) is 12.6. The third-order valence-electron chi connectivity index (χ3n) is 2.22. The smallest absolute Gasteiger partial charge is 0.232 e. The van der Waals surface area contributed by atoms with Gasteiger partial charge in [0.25, 0.3) is 0 Å². The largest absolute Gasteiger partial charge is 0.317 e. The standard InChI is InChI=1S/C11H19N3O2S/c1-2-12-7-3-4-10-17(15,16)14-11-5-8-13-9-6-11/h5-6,8-9,12H,2-4,7,10H2,1H3,(H,13,14). The SMILES string of the molecule is CCNCCCCS(=O)(=O)Nc1ccncc1. The van der Waals surface area contributed by atoms with Gasteiger partial charge in [0.2, 0.25) is 10.0 Å². The van der Waals surface area contributed by atoms with Gasteiger partial charge in [-0.15, -0.1) is 0 Å². The van der Waals surface area contributed by atoms with Gasteiger partial charge in [-0.25, -0.2) is 8.42 Å². The average molecular weight is 257 g/mol. The van der Waals surface area contributed by atoms with Crippen LogP contribution < -0.4 is 10.0 Å². The minimum Gasteiger partial charge on any atom is -0.317 e. The maximum Gasteiger partial charge on any atom is 0.232 e. The van der Waals surface area contributed by atoms with Gasteiger partial charge in [0.05, 0.1) is 11.4 Å². The molecule has 6 heteroatoms. The van der Waals surface area contributed by atoms with E-state index in [0.717, 1.165) is 19.5 Å². The Morgan fingerprint density at radius 1 is 1.24 bits per heavy atom. The molecule has 2 N–H and O–H groups in total. The Hall–Kier alpha value is -1.14. The molecule has 0 amide bonds. The summed E-state index contributed by atoms with van der Waals surface area (Å²) in [7, 11) is -3.23. The van der Waals surface area contributed by atoms with E-state index >= 15 is 0 Å². The maximum absolute atomic E-state index is 11.7. The molecule has 0 aliphatic heterocycles. The second kappa shape index (κ2) is 7.24. The first kappa shape index (κ1) is 13.9. The Balaban J connectivity index is 2.32. The zero-order valence-corrected chi connectivity index (χ0v) is 10.8. The van der Waals surface area contributed by atoms with Crippen LogP contribution in [-0.2, 0) is 10.0 Å². The van der Waals surface area contributed by atoms with Crippen LogP contribution in [0.25, 0.3) is 0 Å². The molecule has 1 heterocycles. The molecule has 0 bridgehead atoms. The summed E-state index contributed by atoms with van der Waals surface area (Å²) < 4.78 is 25.9. The molecule has 0 saturated heterocycles. The number of nitrogens with one attached hydrogen (secondary N) is 2. The van der Waals surface area contributed by atoms with Gasteiger partial charge >= 0.3 is 0 Å². The molecule has 0 unspecified atom stereocenters. The first-order valence-corrected chi connectivity index (χ1v) is 7.40. The number of sulfonamides is 1. The van der Waals surface area contributed by atoms with Crippen LogP contribution in [0.3, 0.4) is 0 Å². The Bertz CT molecular complexity index is 406. The molecule has 0 radical (unpaired) electrons. The van der Waals surface area contributed by atoms with Crippen LogP contribution in [0.4, 0.5) is 5.69 Å².